The van der Waals surface area contributed by atoms with Crippen LogP contribution in [0.1, 0.15) is 16.7 Å². The molecule has 3 N–H and O–H groups in total. The van der Waals surface area contributed by atoms with Gasteiger partial charge in [-0.1, -0.05) is 23.8 Å². The van der Waals surface area contributed by atoms with E-state index in [1.165, 1.54) is 0 Å². The molecule has 3 amide bonds. The Hall–Kier alpha value is -2.82. The summed E-state index contributed by atoms with van der Waals surface area (Å²) in [6.45, 7) is 4.01. The Morgan fingerprint density at radius 2 is 1.52 bits per heavy atom. The first-order valence-corrected chi connectivity index (χ1v) is 7.42. The third-order valence-electron chi connectivity index (χ3n) is 3.51. The summed E-state index contributed by atoms with van der Waals surface area (Å²) >= 11 is 0. The van der Waals surface area contributed by atoms with E-state index in [4.69, 9.17) is 0 Å². The number of urea groups is 1. The molecule has 5 nitrogen and oxygen atoms in total. The summed E-state index contributed by atoms with van der Waals surface area (Å²) in [6.07, 6.45) is 0.339. The highest BCUT2D eigenvalue weighted by molar-refractivity contribution is 5.93. The number of anilines is 2. The average Bonchev–Trinajstić information content (AvgIpc) is 2.52. The number of benzene rings is 2. The van der Waals surface area contributed by atoms with Gasteiger partial charge in [0.1, 0.15) is 0 Å². The van der Waals surface area contributed by atoms with Gasteiger partial charge in [-0.15, -0.1) is 0 Å². The first kappa shape index (κ1) is 16.5. The Bertz CT molecular complexity index is 709. The van der Waals surface area contributed by atoms with Crippen molar-refractivity contribution < 1.29 is 9.59 Å². The molecule has 0 unspecified atom stereocenters. The van der Waals surface area contributed by atoms with Crippen LogP contribution >= 0.6 is 0 Å². The van der Waals surface area contributed by atoms with Gasteiger partial charge in [0.2, 0.25) is 5.91 Å². The molecule has 0 aliphatic carbocycles. The van der Waals surface area contributed by atoms with E-state index in [1.54, 1.807) is 31.3 Å². The highest BCUT2D eigenvalue weighted by atomic mass is 16.2. The van der Waals surface area contributed by atoms with E-state index in [2.05, 4.69) is 16.0 Å². The molecule has 23 heavy (non-hydrogen) atoms. The Labute approximate surface area is 136 Å². The van der Waals surface area contributed by atoms with Crippen molar-refractivity contribution >= 4 is 23.3 Å². The van der Waals surface area contributed by atoms with Crippen LogP contribution in [-0.4, -0.2) is 19.0 Å². The number of hydrogen-bond acceptors (Lipinski definition) is 2. The van der Waals surface area contributed by atoms with Crippen LogP contribution in [0.4, 0.5) is 16.2 Å². The molecule has 0 aromatic heterocycles. The summed E-state index contributed by atoms with van der Waals surface area (Å²) in [4.78, 5) is 23.4. The smallest absolute Gasteiger partial charge is 0.318 e. The maximum atomic E-state index is 12.2. The molecule has 0 heterocycles. The zero-order valence-electron chi connectivity index (χ0n) is 13.6. The lowest BCUT2D eigenvalue weighted by Gasteiger charge is -2.09. The number of amides is 3. The van der Waals surface area contributed by atoms with Gasteiger partial charge in [-0.25, -0.2) is 4.79 Å². The second kappa shape index (κ2) is 7.45. The SMILES string of the molecule is CNC(=O)Nc1ccc(NC(=O)Cc2cc(C)ccc2C)cc1. The van der Waals surface area contributed by atoms with Crippen molar-refractivity contribution in [3.05, 3.63) is 59.2 Å². The van der Waals surface area contributed by atoms with Crippen LogP contribution in [0.15, 0.2) is 42.5 Å². The maximum Gasteiger partial charge on any atom is 0.318 e. The topological polar surface area (TPSA) is 70.2 Å². The fraction of sp³-hybridized carbons (Fsp3) is 0.222. The third-order valence-corrected chi connectivity index (χ3v) is 3.51. The van der Waals surface area contributed by atoms with E-state index >= 15 is 0 Å². The van der Waals surface area contributed by atoms with Gasteiger partial charge in [0.15, 0.2) is 0 Å². The molecule has 0 saturated heterocycles. The van der Waals surface area contributed by atoms with Crippen molar-refractivity contribution in [2.75, 3.05) is 17.7 Å². The van der Waals surface area contributed by atoms with Crippen LogP contribution in [0, 0.1) is 13.8 Å². The molecule has 0 fully saturated rings. The molecular formula is C18H21N3O2. The molecule has 0 saturated carbocycles. The van der Waals surface area contributed by atoms with Gasteiger partial charge in [-0.3, -0.25) is 4.79 Å². The number of hydrogen-bond donors (Lipinski definition) is 3. The van der Waals surface area contributed by atoms with Crippen molar-refractivity contribution in [1.29, 1.82) is 0 Å². The van der Waals surface area contributed by atoms with Gasteiger partial charge < -0.3 is 16.0 Å². The lowest BCUT2D eigenvalue weighted by molar-refractivity contribution is -0.115. The average molecular weight is 311 g/mol. The van der Waals surface area contributed by atoms with E-state index in [0.717, 1.165) is 16.7 Å². The Kier molecular flexibility index (Phi) is 5.36. The van der Waals surface area contributed by atoms with E-state index in [0.29, 0.717) is 17.8 Å². The Balaban J connectivity index is 1.97. The Morgan fingerprint density at radius 1 is 0.913 bits per heavy atom. The molecule has 2 aromatic carbocycles. The number of rotatable bonds is 4. The summed E-state index contributed by atoms with van der Waals surface area (Å²) < 4.78 is 0. The second-order valence-electron chi connectivity index (χ2n) is 5.44. The zero-order valence-corrected chi connectivity index (χ0v) is 13.6. The van der Waals surface area contributed by atoms with Crippen molar-refractivity contribution in [2.45, 2.75) is 20.3 Å². The van der Waals surface area contributed by atoms with Gasteiger partial charge in [-0.2, -0.15) is 0 Å². The van der Waals surface area contributed by atoms with E-state index in [9.17, 15) is 9.59 Å². The predicted molar refractivity (Wildman–Crippen MR) is 92.8 cm³/mol. The monoisotopic (exact) mass is 311 g/mol. The molecule has 0 spiro atoms. The minimum Gasteiger partial charge on any atom is -0.341 e. The molecule has 5 heteroatoms. The summed E-state index contributed by atoms with van der Waals surface area (Å²) in [5.74, 6) is -0.0642. The van der Waals surface area contributed by atoms with Gasteiger partial charge >= 0.3 is 6.03 Å². The minimum absolute atomic E-state index is 0.0642. The number of nitrogens with one attached hydrogen (secondary N) is 3. The van der Waals surface area contributed by atoms with Gasteiger partial charge in [-0.05, 0) is 49.2 Å². The first-order valence-electron chi connectivity index (χ1n) is 7.42. The van der Waals surface area contributed by atoms with Crippen LogP contribution in [0.2, 0.25) is 0 Å². The van der Waals surface area contributed by atoms with E-state index in [-0.39, 0.29) is 11.9 Å². The van der Waals surface area contributed by atoms with Crippen LogP contribution < -0.4 is 16.0 Å². The molecule has 0 bridgehead atoms. The number of carbonyl (C=O) groups is 2. The summed E-state index contributed by atoms with van der Waals surface area (Å²) in [7, 11) is 1.55. The molecule has 2 aromatic rings. The van der Waals surface area contributed by atoms with Crippen LogP contribution in [0.5, 0.6) is 0 Å². The predicted octanol–water partition coefficient (Wildman–Crippen LogP) is 3.24. The van der Waals surface area contributed by atoms with Crippen molar-refractivity contribution in [2.24, 2.45) is 0 Å². The fourth-order valence-electron chi connectivity index (χ4n) is 2.20. The van der Waals surface area contributed by atoms with Crippen LogP contribution in [0.25, 0.3) is 0 Å². The molecule has 0 radical (unpaired) electrons. The molecule has 0 atom stereocenters. The van der Waals surface area contributed by atoms with Crippen LogP contribution in [0.3, 0.4) is 0 Å². The summed E-state index contributed by atoms with van der Waals surface area (Å²) in [6, 6.07) is 12.8. The molecule has 120 valence electrons. The fourth-order valence-corrected chi connectivity index (χ4v) is 2.20. The van der Waals surface area contributed by atoms with Gasteiger partial charge in [0.05, 0.1) is 6.42 Å². The van der Waals surface area contributed by atoms with Crippen molar-refractivity contribution in [3.63, 3.8) is 0 Å². The molecule has 2 rings (SSSR count). The number of aryl methyl sites for hydroxylation is 2. The molecule has 0 aliphatic heterocycles. The normalized spacial score (nSPS) is 10.0. The lowest BCUT2D eigenvalue weighted by Crippen LogP contribution is -2.24. The lowest BCUT2D eigenvalue weighted by atomic mass is 10.0. The highest BCUT2D eigenvalue weighted by Crippen LogP contribution is 2.15. The van der Waals surface area contributed by atoms with Gasteiger partial charge in [0.25, 0.3) is 0 Å². The summed E-state index contributed by atoms with van der Waals surface area (Å²) in [5.41, 5.74) is 4.64. The quantitative estimate of drug-likeness (QED) is 0.811. The Morgan fingerprint density at radius 3 is 2.13 bits per heavy atom. The van der Waals surface area contributed by atoms with Gasteiger partial charge in [0, 0.05) is 18.4 Å². The van der Waals surface area contributed by atoms with E-state index < -0.39 is 0 Å². The standard InChI is InChI=1S/C18H21N3O2/c1-12-4-5-13(2)14(10-12)11-17(22)20-15-6-8-16(9-7-15)21-18(23)19-3/h4-10H,11H2,1-3H3,(H,20,22)(H2,19,21,23). The maximum absolute atomic E-state index is 12.2. The second-order valence-corrected chi connectivity index (χ2v) is 5.44. The zero-order chi connectivity index (χ0) is 16.8. The van der Waals surface area contributed by atoms with Crippen LogP contribution in [-0.2, 0) is 11.2 Å². The highest BCUT2D eigenvalue weighted by Gasteiger charge is 2.07. The van der Waals surface area contributed by atoms with E-state index in [1.807, 2.05) is 32.0 Å². The largest absolute Gasteiger partial charge is 0.341 e. The van der Waals surface area contributed by atoms with Crippen molar-refractivity contribution in [3.8, 4) is 0 Å². The minimum atomic E-state index is -0.281. The molecule has 0 aliphatic rings. The van der Waals surface area contributed by atoms with Crippen molar-refractivity contribution in [1.82, 2.24) is 5.32 Å². The summed E-state index contributed by atoms with van der Waals surface area (Å²) in [5, 5.41) is 8.00. The molecular weight excluding hydrogens is 290 g/mol. The number of carbonyl (C=O) groups excluding carboxylic acids is 2. The first-order chi connectivity index (χ1) is 11.0. The third kappa shape index (κ3) is 4.85.